The van der Waals surface area contributed by atoms with E-state index in [0.29, 0.717) is 0 Å². The number of fused-ring (bicyclic) bond motifs is 3. The molecule has 3 aromatic heterocycles. The number of rotatable bonds is 3. The molecule has 27 heavy (non-hydrogen) atoms. The Morgan fingerprint density at radius 1 is 1.00 bits per heavy atom. The summed E-state index contributed by atoms with van der Waals surface area (Å²) in [7, 11) is -3.79. The minimum absolute atomic E-state index is 0.0972. The number of nitrogens with zero attached hydrogens (tertiary/aromatic N) is 5. The number of sulfone groups is 1. The van der Waals surface area contributed by atoms with Gasteiger partial charge in [-0.1, -0.05) is 23.4 Å². The average Bonchev–Trinajstić information content (AvgIpc) is 3.35. The van der Waals surface area contributed by atoms with Crippen LogP contribution in [0.25, 0.3) is 15.9 Å². The van der Waals surface area contributed by atoms with Gasteiger partial charge in [-0.05, 0) is 42.8 Å². The zero-order chi connectivity index (χ0) is 18.4. The first-order valence-electron chi connectivity index (χ1n) is 8.84. The fraction of sp³-hybridized carbons (Fsp3) is 0.278. The van der Waals surface area contributed by atoms with Crippen LogP contribution in [0.4, 0.5) is 5.82 Å². The summed E-state index contributed by atoms with van der Waals surface area (Å²) >= 11 is 1.59. The van der Waals surface area contributed by atoms with E-state index in [-0.39, 0.29) is 15.6 Å². The van der Waals surface area contributed by atoms with Crippen molar-refractivity contribution in [1.29, 1.82) is 0 Å². The van der Waals surface area contributed by atoms with Gasteiger partial charge in [0.15, 0.2) is 11.5 Å². The van der Waals surface area contributed by atoms with Gasteiger partial charge in [0.1, 0.15) is 0 Å². The van der Waals surface area contributed by atoms with Crippen LogP contribution < -0.4 is 4.90 Å². The molecule has 0 N–H and O–H groups in total. The van der Waals surface area contributed by atoms with Crippen molar-refractivity contribution < 1.29 is 8.42 Å². The maximum Gasteiger partial charge on any atom is 0.229 e. The normalized spacial score (nSPS) is 15.6. The average molecular weight is 400 g/mol. The lowest BCUT2D eigenvalue weighted by Gasteiger charge is -2.28. The fourth-order valence-electron chi connectivity index (χ4n) is 3.51. The van der Waals surface area contributed by atoms with Crippen LogP contribution in [0.15, 0.2) is 51.7 Å². The van der Waals surface area contributed by atoms with E-state index in [1.165, 1.54) is 10.9 Å². The highest BCUT2D eigenvalue weighted by Crippen LogP contribution is 2.34. The Hall–Kier alpha value is -2.52. The Bertz CT molecular complexity index is 1220. The molecule has 0 amide bonds. The fourth-order valence-corrected chi connectivity index (χ4v) is 5.66. The monoisotopic (exact) mass is 399 g/mol. The minimum atomic E-state index is -3.79. The Kier molecular flexibility index (Phi) is 3.87. The van der Waals surface area contributed by atoms with E-state index in [1.54, 1.807) is 41.7 Å². The van der Waals surface area contributed by atoms with Gasteiger partial charge in [-0.25, -0.2) is 13.4 Å². The van der Waals surface area contributed by atoms with Crippen molar-refractivity contribution in [3.05, 3.63) is 41.8 Å². The second-order valence-electron chi connectivity index (χ2n) is 6.56. The summed E-state index contributed by atoms with van der Waals surface area (Å²) in [4.78, 5) is 7.18. The summed E-state index contributed by atoms with van der Waals surface area (Å²) in [5, 5.41) is 10.00. The third kappa shape index (κ3) is 2.61. The van der Waals surface area contributed by atoms with Gasteiger partial charge in [-0.2, -0.15) is 4.52 Å². The molecule has 0 saturated carbocycles. The SMILES string of the molecule is O=S(=O)(c1ccccc1)c1nnn2c1nc(N1CCCCC1)c1sccc12. The quantitative estimate of drug-likeness (QED) is 0.526. The van der Waals surface area contributed by atoms with E-state index in [1.807, 2.05) is 11.4 Å². The number of thiophene rings is 1. The van der Waals surface area contributed by atoms with Crippen molar-refractivity contribution in [3.63, 3.8) is 0 Å². The van der Waals surface area contributed by atoms with E-state index in [2.05, 4.69) is 15.2 Å². The van der Waals surface area contributed by atoms with Crippen LogP contribution in [0.1, 0.15) is 19.3 Å². The summed E-state index contributed by atoms with van der Waals surface area (Å²) in [6.45, 7) is 1.86. The number of piperidine rings is 1. The van der Waals surface area contributed by atoms with Crippen molar-refractivity contribution >= 4 is 42.9 Å². The smallest absolute Gasteiger partial charge is 0.229 e. The van der Waals surface area contributed by atoms with Crippen molar-refractivity contribution in [2.45, 2.75) is 29.2 Å². The van der Waals surface area contributed by atoms with E-state index >= 15 is 0 Å². The van der Waals surface area contributed by atoms with Crippen LogP contribution >= 0.6 is 11.3 Å². The summed E-state index contributed by atoms with van der Waals surface area (Å²) < 4.78 is 28.8. The highest BCUT2D eigenvalue weighted by molar-refractivity contribution is 7.91. The second-order valence-corrected chi connectivity index (χ2v) is 9.35. The zero-order valence-corrected chi connectivity index (χ0v) is 16.1. The zero-order valence-electron chi connectivity index (χ0n) is 14.4. The Balaban J connectivity index is 1.76. The van der Waals surface area contributed by atoms with Gasteiger partial charge in [0.25, 0.3) is 0 Å². The van der Waals surface area contributed by atoms with Gasteiger partial charge < -0.3 is 4.90 Å². The van der Waals surface area contributed by atoms with Crippen LogP contribution in [0, 0.1) is 0 Å². The van der Waals surface area contributed by atoms with Crippen LogP contribution in [0.3, 0.4) is 0 Å². The van der Waals surface area contributed by atoms with Gasteiger partial charge in [0, 0.05) is 13.1 Å². The van der Waals surface area contributed by atoms with Gasteiger partial charge >= 0.3 is 0 Å². The van der Waals surface area contributed by atoms with Crippen LogP contribution in [-0.2, 0) is 9.84 Å². The number of hydrogen-bond donors (Lipinski definition) is 0. The Morgan fingerprint density at radius 3 is 2.56 bits per heavy atom. The molecule has 0 aliphatic carbocycles. The molecule has 4 heterocycles. The number of benzene rings is 1. The predicted octanol–water partition coefficient (Wildman–Crippen LogP) is 3.16. The summed E-state index contributed by atoms with van der Waals surface area (Å²) in [5.74, 6) is 0.832. The molecular formula is C18H17N5O2S2. The molecule has 5 rings (SSSR count). The van der Waals surface area contributed by atoms with Crippen LogP contribution in [0.2, 0.25) is 0 Å². The molecule has 4 aromatic rings. The summed E-state index contributed by atoms with van der Waals surface area (Å²) in [6.07, 6.45) is 3.45. The van der Waals surface area contributed by atoms with Crippen molar-refractivity contribution in [2.75, 3.05) is 18.0 Å². The largest absolute Gasteiger partial charge is 0.355 e. The van der Waals surface area contributed by atoms with Crippen molar-refractivity contribution in [3.8, 4) is 0 Å². The van der Waals surface area contributed by atoms with E-state index in [0.717, 1.165) is 42.0 Å². The molecule has 9 heteroatoms. The number of aromatic nitrogens is 4. The summed E-state index contributed by atoms with van der Waals surface area (Å²) in [6, 6.07) is 10.2. The van der Waals surface area contributed by atoms with Gasteiger partial charge in [0.2, 0.25) is 14.9 Å². The van der Waals surface area contributed by atoms with Crippen molar-refractivity contribution in [1.82, 2.24) is 19.8 Å². The first kappa shape index (κ1) is 16.6. The van der Waals surface area contributed by atoms with Crippen LogP contribution in [0.5, 0.6) is 0 Å². The highest BCUT2D eigenvalue weighted by atomic mass is 32.2. The molecule has 1 aromatic carbocycles. The molecule has 0 unspecified atom stereocenters. The number of anilines is 1. The topological polar surface area (TPSA) is 80.5 Å². The predicted molar refractivity (Wildman–Crippen MR) is 104 cm³/mol. The third-order valence-corrected chi connectivity index (χ3v) is 7.43. The lowest BCUT2D eigenvalue weighted by Crippen LogP contribution is -2.30. The van der Waals surface area contributed by atoms with E-state index < -0.39 is 9.84 Å². The third-order valence-electron chi connectivity index (χ3n) is 4.87. The second kappa shape index (κ2) is 6.28. The molecule has 1 saturated heterocycles. The molecule has 0 bridgehead atoms. The standard InChI is InChI=1S/C18H17N5O2S2/c24-27(25,13-7-3-1-4-8-13)18-17-19-16(22-10-5-2-6-11-22)15-14(9-12-26-15)23(17)21-20-18/h1,3-4,7-9,12H,2,5-6,10-11H2. The van der Waals surface area contributed by atoms with Gasteiger partial charge in [-0.15, -0.1) is 16.4 Å². The van der Waals surface area contributed by atoms with Gasteiger partial charge in [0.05, 0.1) is 15.1 Å². The molecule has 0 radical (unpaired) electrons. The van der Waals surface area contributed by atoms with Crippen molar-refractivity contribution in [2.24, 2.45) is 0 Å². The molecule has 1 aliphatic heterocycles. The highest BCUT2D eigenvalue weighted by Gasteiger charge is 2.28. The van der Waals surface area contributed by atoms with E-state index in [4.69, 9.17) is 4.98 Å². The number of hydrogen-bond acceptors (Lipinski definition) is 7. The molecule has 1 fully saturated rings. The lowest BCUT2D eigenvalue weighted by atomic mass is 10.1. The molecule has 0 atom stereocenters. The lowest BCUT2D eigenvalue weighted by molar-refractivity contribution is 0.575. The maximum absolute atomic E-state index is 13.1. The molecule has 138 valence electrons. The Labute approximate surface area is 160 Å². The minimum Gasteiger partial charge on any atom is -0.355 e. The molecular weight excluding hydrogens is 382 g/mol. The Morgan fingerprint density at radius 2 is 1.78 bits per heavy atom. The first-order chi connectivity index (χ1) is 13.2. The van der Waals surface area contributed by atoms with Gasteiger partial charge in [-0.3, -0.25) is 0 Å². The van der Waals surface area contributed by atoms with Crippen LogP contribution in [-0.4, -0.2) is 41.3 Å². The summed E-state index contributed by atoms with van der Waals surface area (Å²) in [5.41, 5.74) is 1.12. The molecule has 0 spiro atoms. The van der Waals surface area contributed by atoms with E-state index in [9.17, 15) is 8.42 Å². The molecule has 1 aliphatic rings. The first-order valence-corrected chi connectivity index (χ1v) is 11.2. The maximum atomic E-state index is 13.1. The molecule has 7 nitrogen and oxygen atoms in total.